The lowest BCUT2D eigenvalue weighted by atomic mass is 9.57. The van der Waals surface area contributed by atoms with Gasteiger partial charge in [0.25, 0.3) is 0 Å². The fourth-order valence-corrected chi connectivity index (χ4v) is 3.96. The quantitative estimate of drug-likeness (QED) is 0.362. The Bertz CT molecular complexity index is 645. The van der Waals surface area contributed by atoms with E-state index in [4.69, 9.17) is 9.15 Å². The van der Waals surface area contributed by atoms with Crippen LogP contribution in [0.3, 0.4) is 0 Å². The summed E-state index contributed by atoms with van der Waals surface area (Å²) < 4.78 is 11.2. The van der Waals surface area contributed by atoms with Gasteiger partial charge in [0, 0.05) is 51.0 Å². The molecule has 152 valence electrons. The molecule has 1 aliphatic carbocycles. The van der Waals surface area contributed by atoms with Crippen LogP contribution in [0, 0.1) is 11.3 Å². The van der Waals surface area contributed by atoms with Gasteiger partial charge in [0.15, 0.2) is 5.96 Å². The zero-order chi connectivity index (χ0) is 18.7. The van der Waals surface area contributed by atoms with Gasteiger partial charge in [-0.15, -0.1) is 24.0 Å². The Morgan fingerprint density at radius 3 is 2.85 bits per heavy atom. The van der Waals surface area contributed by atoms with Crippen LogP contribution in [0.4, 0.5) is 0 Å². The first-order valence-electron chi connectivity index (χ1n) is 9.28. The highest BCUT2D eigenvalue weighted by molar-refractivity contribution is 14.0. The van der Waals surface area contributed by atoms with E-state index in [0.717, 1.165) is 25.2 Å². The molecule has 1 aromatic rings. The fourth-order valence-electron chi connectivity index (χ4n) is 3.96. The number of fused-ring (bicyclic) bond motifs is 1. The standard InChI is InChI=1S/C19H30N4O3.HI/c1-19(2)16(14-8-11-26-17(14)19)22-18(21-12-15(24)23(3)4)20-9-7-13-6-5-10-25-13;/h5-6,10,14,16-17H,7-9,11-12H2,1-4H3,(H2,20,21,22);1H. The maximum Gasteiger partial charge on any atom is 0.243 e. The third-order valence-corrected chi connectivity index (χ3v) is 5.51. The number of likely N-dealkylation sites (N-methyl/N-ethyl adjacent to an activating group) is 1. The summed E-state index contributed by atoms with van der Waals surface area (Å²) in [7, 11) is 3.48. The lowest BCUT2D eigenvalue weighted by Crippen LogP contribution is -2.68. The van der Waals surface area contributed by atoms with Gasteiger partial charge in [0.05, 0.1) is 12.4 Å². The molecule has 3 atom stereocenters. The van der Waals surface area contributed by atoms with Gasteiger partial charge in [-0.1, -0.05) is 13.8 Å². The molecule has 2 N–H and O–H groups in total. The van der Waals surface area contributed by atoms with E-state index in [2.05, 4.69) is 29.5 Å². The average molecular weight is 490 g/mol. The molecule has 2 fully saturated rings. The predicted molar refractivity (Wildman–Crippen MR) is 115 cm³/mol. The topological polar surface area (TPSA) is 79.1 Å². The van der Waals surface area contributed by atoms with E-state index < -0.39 is 0 Å². The van der Waals surface area contributed by atoms with E-state index in [9.17, 15) is 4.79 Å². The molecule has 2 aliphatic rings. The molecular weight excluding hydrogens is 459 g/mol. The second kappa shape index (κ2) is 9.27. The van der Waals surface area contributed by atoms with Crippen LogP contribution >= 0.6 is 24.0 Å². The second-order valence-electron chi connectivity index (χ2n) is 7.90. The molecule has 0 spiro atoms. The van der Waals surface area contributed by atoms with Crippen LogP contribution < -0.4 is 10.6 Å². The first-order chi connectivity index (χ1) is 12.4. The van der Waals surface area contributed by atoms with Crippen molar-refractivity contribution in [2.45, 2.75) is 38.8 Å². The SMILES string of the molecule is CN(C)C(=O)CN=C(NCCc1ccco1)NC1C2CCOC2C1(C)C.I. The Kier molecular flexibility index (Phi) is 7.55. The lowest BCUT2D eigenvalue weighted by molar-refractivity contribution is -0.127. The summed E-state index contributed by atoms with van der Waals surface area (Å²) in [5.74, 6) is 2.09. The van der Waals surface area contributed by atoms with Crippen molar-refractivity contribution in [3.63, 3.8) is 0 Å². The van der Waals surface area contributed by atoms with Gasteiger partial charge in [-0.2, -0.15) is 0 Å². The fraction of sp³-hybridized carbons (Fsp3) is 0.684. The summed E-state index contributed by atoms with van der Waals surface area (Å²) in [5.41, 5.74) is 0.0518. The van der Waals surface area contributed by atoms with Gasteiger partial charge in [0.2, 0.25) is 5.91 Å². The number of hydrogen-bond donors (Lipinski definition) is 2. The number of hydrogen-bond acceptors (Lipinski definition) is 4. The van der Waals surface area contributed by atoms with Crippen LogP contribution in [0.15, 0.2) is 27.8 Å². The highest BCUT2D eigenvalue weighted by Gasteiger charge is 2.59. The van der Waals surface area contributed by atoms with Gasteiger partial charge in [-0.25, -0.2) is 4.99 Å². The number of furan rings is 1. The average Bonchev–Trinajstić information content (AvgIpc) is 3.26. The maximum absolute atomic E-state index is 11.9. The molecular formula is C19H31IN4O3. The van der Waals surface area contributed by atoms with Gasteiger partial charge in [-0.05, 0) is 18.6 Å². The van der Waals surface area contributed by atoms with Crippen LogP contribution in [-0.2, 0) is 16.0 Å². The Hall–Kier alpha value is -1.29. The minimum absolute atomic E-state index is 0. The molecule has 1 aliphatic heterocycles. The first kappa shape index (κ1) is 22.0. The van der Waals surface area contributed by atoms with Crippen molar-refractivity contribution in [2.75, 3.05) is 33.8 Å². The molecule has 0 bridgehead atoms. The largest absolute Gasteiger partial charge is 0.469 e. The Morgan fingerprint density at radius 1 is 1.41 bits per heavy atom. The number of halogens is 1. The molecule has 1 aromatic heterocycles. The third kappa shape index (κ3) is 4.96. The number of ether oxygens (including phenoxy) is 1. The Morgan fingerprint density at radius 2 is 2.19 bits per heavy atom. The van der Waals surface area contributed by atoms with Crippen molar-refractivity contribution in [1.82, 2.24) is 15.5 Å². The lowest BCUT2D eigenvalue weighted by Gasteiger charge is -2.54. The molecule has 8 heteroatoms. The summed E-state index contributed by atoms with van der Waals surface area (Å²) in [6, 6.07) is 4.13. The number of carbonyl (C=O) groups is 1. The first-order valence-corrected chi connectivity index (χ1v) is 9.28. The number of guanidine groups is 1. The predicted octanol–water partition coefficient (Wildman–Crippen LogP) is 1.88. The van der Waals surface area contributed by atoms with E-state index in [0.29, 0.717) is 30.6 Å². The molecule has 3 rings (SSSR count). The van der Waals surface area contributed by atoms with E-state index in [-0.39, 0.29) is 41.8 Å². The van der Waals surface area contributed by atoms with E-state index in [1.807, 2.05) is 12.1 Å². The highest BCUT2D eigenvalue weighted by atomic mass is 127. The number of nitrogens with zero attached hydrogens (tertiary/aromatic N) is 2. The normalized spacial score (nSPS) is 25.8. The minimum atomic E-state index is -0.0212. The molecule has 7 nitrogen and oxygen atoms in total. The van der Waals surface area contributed by atoms with Crippen LogP contribution in [0.1, 0.15) is 26.0 Å². The van der Waals surface area contributed by atoms with Crippen molar-refractivity contribution >= 4 is 35.8 Å². The van der Waals surface area contributed by atoms with Crippen molar-refractivity contribution in [1.29, 1.82) is 0 Å². The third-order valence-electron chi connectivity index (χ3n) is 5.51. The van der Waals surface area contributed by atoms with Crippen LogP contribution in [0.2, 0.25) is 0 Å². The van der Waals surface area contributed by atoms with Crippen LogP contribution in [0.25, 0.3) is 0 Å². The monoisotopic (exact) mass is 490 g/mol. The van der Waals surface area contributed by atoms with Gasteiger partial charge >= 0.3 is 0 Å². The highest BCUT2D eigenvalue weighted by Crippen LogP contribution is 2.52. The van der Waals surface area contributed by atoms with E-state index in [1.165, 1.54) is 0 Å². The van der Waals surface area contributed by atoms with Gasteiger partial charge in [0.1, 0.15) is 12.3 Å². The summed E-state index contributed by atoms with van der Waals surface area (Å²) in [6.45, 7) is 6.09. The molecule has 2 heterocycles. The number of aliphatic imine (C=N–C) groups is 1. The number of carbonyl (C=O) groups excluding carboxylic acids is 1. The number of amides is 1. The van der Waals surface area contributed by atoms with Crippen LogP contribution in [0.5, 0.6) is 0 Å². The number of rotatable bonds is 6. The molecule has 1 amide bonds. The molecule has 0 radical (unpaired) electrons. The van der Waals surface area contributed by atoms with Crippen molar-refractivity contribution in [3.8, 4) is 0 Å². The molecule has 3 unspecified atom stereocenters. The molecule has 1 saturated carbocycles. The summed E-state index contributed by atoms with van der Waals surface area (Å²) in [5, 5.41) is 6.88. The molecule has 27 heavy (non-hydrogen) atoms. The van der Waals surface area contributed by atoms with E-state index in [1.54, 1.807) is 25.3 Å². The maximum atomic E-state index is 11.9. The van der Waals surface area contributed by atoms with E-state index >= 15 is 0 Å². The van der Waals surface area contributed by atoms with Gasteiger partial charge in [-0.3, -0.25) is 4.79 Å². The zero-order valence-corrected chi connectivity index (χ0v) is 18.9. The Labute approximate surface area is 178 Å². The second-order valence-corrected chi connectivity index (χ2v) is 7.90. The smallest absolute Gasteiger partial charge is 0.243 e. The van der Waals surface area contributed by atoms with Crippen molar-refractivity contribution < 1.29 is 13.9 Å². The summed E-state index contributed by atoms with van der Waals surface area (Å²) in [4.78, 5) is 18.0. The summed E-state index contributed by atoms with van der Waals surface area (Å²) in [6.07, 6.45) is 3.82. The van der Waals surface area contributed by atoms with Gasteiger partial charge < -0.3 is 24.7 Å². The Balaban J connectivity index is 0.00000261. The summed E-state index contributed by atoms with van der Waals surface area (Å²) >= 11 is 0. The van der Waals surface area contributed by atoms with Crippen molar-refractivity contribution in [3.05, 3.63) is 24.2 Å². The minimum Gasteiger partial charge on any atom is -0.469 e. The zero-order valence-electron chi connectivity index (χ0n) is 16.5. The molecule has 0 aromatic carbocycles. The molecule has 1 saturated heterocycles. The number of nitrogens with one attached hydrogen (secondary N) is 2. The van der Waals surface area contributed by atoms with Crippen LogP contribution in [-0.4, -0.2) is 62.7 Å². The van der Waals surface area contributed by atoms with Crippen molar-refractivity contribution in [2.24, 2.45) is 16.3 Å².